The molecule has 0 saturated carbocycles. The van der Waals surface area contributed by atoms with Crippen LogP contribution in [0.3, 0.4) is 0 Å². The number of methoxy groups -OCH3 is 2. The fourth-order valence-corrected chi connectivity index (χ4v) is 2.13. The van der Waals surface area contributed by atoms with E-state index in [1.165, 1.54) is 0 Å². The molecule has 2 N–H and O–H groups in total. The van der Waals surface area contributed by atoms with E-state index >= 15 is 0 Å². The molecule has 0 radical (unpaired) electrons. The number of nitrogens with zero attached hydrogens (tertiary/aromatic N) is 1. The Morgan fingerprint density at radius 1 is 1.33 bits per heavy atom. The zero-order valence-electron chi connectivity index (χ0n) is 10.7. The summed E-state index contributed by atoms with van der Waals surface area (Å²) < 4.78 is 10.4. The second kappa shape index (κ2) is 7.17. The van der Waals surface area contributed by atoms with Gasteiger partial charge in [0.15, 0.2) is 0 Å². The molecule has 0 saturated heterocycles. The van der Waals surface area contributed by atoms with Crippen molar-refractivity contribution in [3.63, 3.8) is 0 Å². The quantitative estimate of drug-likeness (QED) is 0.652. The number of rotatable bonds is 8. The van der Waals surface area contributed by atoms with Gasteiger partial charge in [-0.15, -0.1) is 0 Å². The Balaban J connectivity index is 4.58. The Bertz CT molecular complexity index is 167. The van der Waals surface area contributed by atoms with E-state index in [4.69, 9.17) is 15.2 Å². The maximum absolute atomic E-state index is 5.84. The lowest BCUT2D eigenvalue weighted by atomic mass is 9.99. The number of hydrogen-bond acceptors (Lipinski definition) is 4. The molecular weight excluding hydrogens is 192 g/mol. The van der Waals surface area contributed by atoms with Gasteiger partial charge in [-0.05, 0) is 20.4 Å². The number of likely N-dealkylation sites (N-methyl/N-ethyl adjacent to an activating group) is 1. The largest absolute Gasteiger partial charge is 0.383 e. The molecule has 0 bridgehead atoms. The van der Waals surface area contributed by atoms with Crippen LogP contribution >= 0.6 is 0 Å². The maximum Gasteiger partial charge on any atom is 0.0656 e. The first-order valence-corrected chi connectivity index (χ1v) is 5.50. The summed E-state index contributed by atoms with van der Waals surface area (Å²) in [5.41, 5.74) is 5.73. The van der Waals surface area contributed by atoms with Gasteiger partial charge in [0.05, 0.1) is 18.8 Å². The number of ether oxygens (including phenoxy) is 2. The fourth-order valence-electron chi connectivity index (χ4n) is 2.13. The van der Waals surface area contributed by atoms with Gasteiger partial charge in [-0.2, -0.15) is 0 Å². The lowest BCUT2D eigenvalue weighted by Crippen LogP contribution is -2.58. The normalized spacial score (nSPS) is 17.8. The van der Waals surface area contributed by atoms with Crippen LogP contribution in [0.1, 0.15) is 20.8 Å². The Hall–Kier alpha value is -0.160. The third kappa shape index (κ3) is 4.07. The zero-order chi connectivity index (χ0) is 11.9. The minimum atomic E-state index is -0.110. The van der Waals surface area contributed by atoms with E-state index < -0.39 is 0 Å². The van der Waals surface area contributed by atoms with E-state index in [2.05, 4.69) is 25.7 Å². The van der Waals surface area contributed by atoms with E-state index in [9.17, 15) is 0 Å². The molecule has 0 aliphatic rings. The highest BCUT2D eigenvalue weighted by molar-refractivity contribution is 4.89. The lowest BCUT2D eigenvalue weighted by molar-refractivity contribution is -0.0142. The Morgan fingerprint density at radius 2 is 1.93 bits per heavy atom. The molecule has 0 aromatic rings. The highest BCUT2D eigenvalue weighted by atomic mass is 16.5. The molecule has 0 aromatic heterocycles. The average molecular weight is 218 g/mol. The van der Waals surface area contributed by atoms with Crippen molar-refractivity contribution in [2.75, 3.05) is 40.5 Å². The summed E-state index contributed by atoms with van der Waals surface area (Å²) in [5, 5.41) is 0. The van der Waals surface area contributed by atoms with Crippen molar-refractivity contribution in [2.45, 2.75) is 32.4 Å². The Morgan fingerprint density at radius 3 is 2.27 bits per heavy atom. The third-order valence-electron chi connectivity index (χ3n) is 2.87. The van der Waals surface area contributed by atoms with Gasteiger partial charge in [0, 0.05) is 26.8 Å². The van der Waals surface area contributed by atoms with Gasteiger partial charge in [0.1, 0.15) is 0 Å². The van der Waals surface area contributed by atoms with Crippen LogP contribution in [0.5, 0.6) is 0 Å². The predicted molar refractivity (Wildman–Crippen MR) is 63.1 cm³/mol. The van der Waals surface area contributed by atoms with E-state index in [0.29, 0.717) is 25.8 Å². The molecule has 4 nitrogen and oxygen atoms in total. The highest BCUT2D eigenvalue weighted by Crippen LogP contribution is 2.17. The SMILES string of the molecule is CCN(C(C)COC)C(C)(CN)COC. The number of hydrogen-bond donors (Lipinski definition) is 1. The molecule has 4 heteroatoms. The first-order chi connectivity index (χ1) is 7.05. The van der Waals surface area contributed by atoms with Crippen molar-refractivity contribution in [3.8, 4) is 0 Å². The molecule has 0 aromatic carbocycles. The minimum Gasteiger partial charge on any atom is -0.383 e. The lowest BCUT2D eigenvalue weighted by Gasteiger charge is -2.43. The van der Waals surface area contributed by atoms with Gasteiger partial charge in [-0.3, -0.25) is 4.90 Å². The van der Waals surface area contributed by atoms with Gasteiger partial charge >= 0.3 is 0 Å². The van der Waals surface area contributed by atoms with E-state index in [1.54, 1.807) is 14.2 Å². The van der Waals surface area contributed by atoms with Crippen LogP contribution in [-0.2, 0) is 9.47 Å². The smallest absolute Gasteiger partial charge is 0.0656 e. The van der Waals surface area contributed by atoms with Crippen molar-refractivity contribution in [3.05, 3.63) is 0 Å². The van der Waals surface area contributed by atoms with Gasteiger partial charge in [-0.25, -0.2) is 0 Å². The maximum atomic E-state index is 5.84. The molecule has 2 unspecified atom stereocenters. The van der Waals surface area contributed by atoms with Crippen molar-refractivity contribution in [2.24, 2.45) is 5.73 Å². The summed E-state index contributed by atoms with van der Waals surface area (Å²) in [7, 11) is 3.43. The van der Waals surface area contributed by atoms with Crippen molar-refractivity contribution >= 4 is 0 Å². The predicted octanol–water partition coefficient (Wildman–Crippen LogP) is 0.707. The molecular formula is C11H26N2O2. The van der Waals surface area contributed by atoms with E-state index in [0.717, 1.165) is 6.54 Å². The standard InChI is InChI=1S/C11H26N2O2/c1-6-13(10(2)7-14-4)11(3,8-12)9-15-5/h10H,6-9,12H2,1-5H3. The Labute approximate surface area is 93.7 Å². The van der Waals surface area contributed by atoms with Crippen LogP contribution in [0.25, 0.3) is 0 Å². The average Bonchev–Trinajstić information content (AvgIpc) is 2.19. The van der Waals surface area contributed by atoms with Crippen molar-refractivity contribution < 1.29 is 9.47 Å². The summed E-state index contributed by atoms with van der Waals surface area (Å²) >= 11 is 0. The summed E-state index contributed by atoms with van der Waals surface area (Å²) in [4.78, 5) is 2.33. The second-order valence-electron chi connectivity index (χ2n) is 4.22. The highest BCUT2D eigenvalue weighted by Gasteiger charge is 2.32. The van der Waals surface area contributed by atoms with Crippen LogP contribution < -0.4 is 5.73 Å². The zero-order valence-corrected chi connectivity index (χ0v) is 10.7. The monoisotopic (exact) mass is 218 g/mol. The molecule has 0 fully saturated rings. The minimum absolute atomic E-state index is 0.110. The fraction of sp³-hybridized carbons (Fsp3) is 1.00. The topological polar surface area (TPSA) is 47.7 Å². The molecule has 0 aliphatic carbocycles. The van der Waals surface area contributed by atoms with Crippen molar-refractivity contribution in [1.82, 2.24) is 4.90 Å². The summed E-state index contributed by atoms with van der Waals surface area (Å²) in [6, 6.07) is 0.351. The first kappa shape index (κ1) is 14.8. The molecule has 0 amide bonds. The van der Waals surface area contributed by atoms with Crippen LogP contribution in [-0.4, -0.2) is 57.0 Å². The molecule has 0 spiro atoms. The molecule has 2 atom stereocenters. The van der Waals surface area contributed by atoms with Gasteiger partial charge in [0.2, 0.25) is 0 Å². The molecule has 0 rings (SSSR count). The van der Waals surface area contributed by atoms with E-state index in [-0.39, 0.29) is 5.54 Å². The summed E-state index contributed by atoms with van der Waals surface area (Å²) in [6.45, 7) is 9.31. The molecule has 92 valence electrons. The van der Waals surface area contributed by atoms with Crippen LogP contribution in [0, 0.1) is 0 Å². The van der Waals surface area contributed by atoms with Gasteiger partial charge < -0.3 is 15.2 Å². The molecule has 15 heavy (non-hydrogen) atoms. The van der Waals surface area contributed by atoms with Crippen LogP contribution in [0.4, 0.5) is 0 Å². The van der Waals surface area contributed by atoms with Crippen molar-refractivity contribution in [1.29, 1.82) is 0 Å². The molecule has 0 aliphatic heterocycles. The van der Waals surface area contributed by atoms with Crippen LogP contribution in [0.15, 0.2) is 0 Å². The van der Waals surface area contributed by atoms with Gasteiger partial charge in [0.25, 0.3) is 0 Å². The summed E-state index contributed by atoms with van der Waals surface area (Å²) in [5.74, 6) is 0. The summed E-state index contributed by atoms with van der Waals surface area (Å²) in [6.07, 6.45) is 0. The van der Waals surface area contributed by atoms with Gasteiger partial charge in [-0.1, -0.05) is 6.92 Å². The van der Waals surface area contributed by atoms with Crippen LogP contribution in [0.2, 0.25) is 0 Å². The molecule has 0 heterocycles. The number of nitrogens with two attached hydrogens (primary N) is 1. The third-order valence-corrected chi connectivity index (χ3v) is 2.87. The first-order valence-electron chi connectivity index (χ1n) is 5.50. The Kier molecular flexibility index (Phi) is 7.09. The van der Waals surface area contributed by atoms with E-state index in [1.807, 2.05) is 0 Å². The second-order valence-corrected chi connectivity index (χ2v) is 4.22.